The topological polar surface area (TPSA) is 46.3 Å². The summed E-state index contributed by atoms with van der Waals surface area (Å²) in [5.41, 5.74) is 6.62. The van der Waals surface area contributed by atoms with Gasteiger partial charge < -0.3 is 10.6 Å². The number of carbonyl (C=O) groups is 1. The van der Waals surface area contributed by atoms with Crippen molar-refractivity contribution < 1.29 is 4.79 Å². The maximum Gasteiger partial charge on any atom is 0.253 e. The number of carbonyl (C=O) groups excluding carboxylic acids is 1. The molecule has 1 saturated heterocycles. The average molecular weight is 415 g/mol. The Bertz CT molecular complexity index is 470. The Balaban J connectivity index is 0.00000180. The second-order valence-corrected chi connectivity index (χ2v) is 6.38. The molecule has 2 N–H and O–H groups in total. The summed E-state index contributed by atoms with van der Waals surface area (Å²) in [6.45, 7) is 3.54. The van der Waals surface area contributed by atoms with Gasteiger partial charge in [-0.15, -0.1) is 12.4 Å². The van der Waals surface area contributed by atoms with Crippen molar-refractivity contribution in [3.05, 3.63) is 32.4 Å². The van der Waals surface area contributed by atoms with E-state index < -0.39 is 0 Å². The van der Waals surface area contributed by atoms with E-state index in [0.29, 0.717) is 16.5 Å². The van der Waals surface area contributed by atoms with E-state index in [1.54, 1.807) is 6.07 Å². The standard InChI is InChI=1S/C13H16ClIN2O.ClH/c1-8-7-17(5-4-12(8)16)13(18)9-2-3-11(15)10(14)6-9;/h2-3,6,8,12H,4-5,7,16H2,1H3;1H. The molecule has 1 amide bonds. The van der Waals surface area contributed by atoms with Crippen LogP contribution in [0.5, 0.6) is 0 Å². The van der Waals surface area contributed by atoms with E-state index in [1.165, 1.54) is 0 Å². The van der Waals surface area contributed by atoms with Crippen LogP contribution in [-0.2, 0) is 0 Å². The fraction of sp³-hybridized carbons (Fsp3) is 0.462. The van der Waals surface area contributed by atoms with Gasteiger partial charge in [-0.1, -0.05) is 18.5 Å². The number of piperidine rings is 1. The van der Waals surface area contributed by atoms with Crippen molar-refractivity contribution in [2.24, 2.45) is 11.7 Å². The van der Waals surface area contributed by atoms with Crippen LogP contribution in [0.15, 0.2) is 18.2 Å². The van der Waals surface area contributed by atoms with Gasteiger partial charge in [0.05, 0.1) is 5.02 Å². The van der Waals surface area contributed by atoms with Gasteiger partial charge in [-0.25, -0.2) is 0 Å². The van der Waals surface area contributed by atoms with Crippen LogP contribution in [0.4, 0.5) is 0 Å². The van der Waals surface area contributed by atoms with Crippen LogP contribution in [0.25, 0.3) is 0 Å². The largest absolute Gasteiger partial charge is 0.338 e. The van der Waals surface area contributed by atoms with Crippen LogP contribution in [0.1, 0.15) is 23.7 Å². The summed E-state index contributed by atoms with van der Waals surface area (Å²) in [7, 11) is 0. The molecule has 0 aliphatic carbocycles. The van der Waals surface area contributed by atoms with E-state index in [9.17, 15) is 4.79 Å². The van der Waals surface area contributed by atoms with Gasteiger partial charge in [0.1, 0.15) is 0 Å². The van der Waals surface area contributed by atoms with Gasteiger partial charge >= 0.3 is 0 Å². The Morgan fingerprint density at radius 1 is 1.53 bits per heavy atom. The van der Waals surface area contributed by atoms with Gasteiger partial charge in [0.15, 0.2) is 0 Å². The molecule has 1 aliphatic heterocycles. The lowest BCUT2D eigenvalue weighted by atomic mass is 9.94. The second-order valence-electron chi connectivity index (χ2n) is 4.81. The first-order valence-electron chi connectivity index (χ1n) is 5.99. The number of benzene rings is 1. The molecule has 6 heteroatoms. The van der Waals surface area contributed by atoms with Crippen molar-refractivity contribution in [3.8, 4) is 0 Å². The Morgan fingerprint density at radius 3 is 2.79 bits per heavy atom. The molecular formula is C13H17Cl2IN2O. The van der Waals surface area contributed by atoms with Gasteiger partial charge in [0.2, 0.25) is 0 Å². The Morgan fingerprint density at radius 2 is 2.21 bits per heavy atom. The summed E-state index contributed by atoms with van der Waals surface area (Å²) >= 11 is 8.20. The van der Waals surface area contributed by atoms with E-state index in [0.717, 1.165) is 23.1 Å². The summed E-state index contributed by atoms with van der Waals surface area (Å²) in [5.74, 6) is 0.397. The predicted octanol–water partition coefficient (Wildman–Crippen LogP) is 3.18. The number of hydrogen-bond donors (Lipinski definition) is 1. The van der Waals surface area contributed by atoms with Crippen molar-refractivity contribution in [3.63, 3.8) is 0 Å². The molecule has 2 rings (SSSR count). The third kappa shape index (κ3) is 3.97. The smallest absolute Gasteiger partial charge is 0.253 e. The highest BCUT2D eigenvalue weighted by Gasteiger charge is 2.26. The minimum Gasteiger partial charge on any atom is -0.338 e. The minimum atomic E-state index is 0. The number of amides is 1. The monoisotopic (exact) mass is 414 g/mol. The molecule has 1 fully saturated rings. The molecule has 1 heterocycles. The lowest BCUT2D eigenvalue weighted by molar-refractivity contribution is 0.0664. The van der Waals surface area contributed by atoms with Gasteiger partial charge in [-0.2, -0.15) is 0 Å². The van der Waals surface area contributed by atoms with E-state index in [-0.39, 0.29) is 24.4 Å². The number of nitrogens with zero attached hydrogens (tertiary/aromatic N) is 1. The minimum absolute atomic E-state index is 0. The quantitative estimate of drug-likeness (QED) is 0.717. The SMILES string of the molecule is CC1CN(C(=O)c2ccc(I)c(Cl)c2)CCC1N.Cl. The van der Waals surface area contributed by atoms with Crippen LogP contribution in [-0.4, -0.2) is 29.9 Å². The Hall–Kier alpha value is -0.0400. The van der Waals surface area contributed by atoms with E-state index in [1.807, 2.05) is 17.0 Å². The molecule has 2 atom stereocenters. The van der Waals surface area contributed by atoms with Crippen LogP contribution in [0.3, 0.4) is 0 Å². The van der Waals surface area contributed by atoms with Crippen LogP contribution in [0.2, 0.25) is 5.02 Å². The van der Waals surface area contributed by atoms with E-state index in [2.05, 4.69) is 29.5 Å². The molecule has 0 radical (unpaired) electrons. The lowest BCUT2D eigenvalue weighted by Gasteiger charge is -2.35. The molecule has 1 aliphatic rings. The molecule has 3 nitrogen and oxygen atoms in total. The maximum atomic E-state index is 12.3. The molecule has 2 unspecified atom stereocenters. The highest BCUT2D eigenvalue weighted by atomic mass is 127. The third-order valence-electron chi connectivity index (χ3n) is 3.43. The zero-order valence-electron chi connectivity index (χ0n) is 10.6. The second kappa shape index (κ2) is 7.11. The molecule has 0 bridgehead atoms. The lowest BCUT2D eigenvalue weighted by Crippen LogP contribution is -2.48. The van der Waals surface area contributed by atoms with Crippen LogP contribution < -0.4 is 5.73 Å². The molecule has 0 aromatic heterocycles. The molecule has 106 valence electrons. The normalized spacial score (nSPS) is 22.8. The van der Waals surface area contributed by atoms with Crippen LogP contribution in [0, 0.1) is 9.49 Å². The number of likely N-dealkylation sites (tertiary alicyclic amines) is 1. The fourth-order valence-electron chi connectivity index (χ4n) is 2.16. The maximum absolute atomic E-state index is 12.3. The van der Waals surface area contributed by atoms with Crippen molar-refractivity contribution in [2.45, 2.75) is 19.4 Å². The first-order valence-corrected chi connectivity index (χ1v) is 7.44. The Labute approximate surface area is 138 Å². The first kappa shape index (κ1) is 17.0. The van der Waals surface area contributed by atoms with Crippen molar-refractivity contribution in [2.75, 3.05) is 13.1 Å². The zero-order valence-corrected chi connectivity index (χ0v) is 14.3. The van der Waals surface area contributed by atoms with Crippen molar-refractivity contribution in [1.82, 2.24) is 4.90 Å². The summed E-state index contributed by atoms with van der Waals surface area (Å²) in [4.78, 5) is 14.2. The molecule has 19 heavy (non-hydrogen) atoms. The molecule has 0 spiro atoms. The van der Waals surface area contributed by atoms with Crippen molar-refractivity contribution >= 4 is 52.5 Å². The predicted molar refractivity (Wildman–Crippen MR) is 89.1 cm³/mol. The summed E-state index contributed by atoms with van der Waals surface area (Å²) in [6.07, 6.45) is 0.866. The molecule has 0 saturated carbocycles. The third-order valence-corrected chi connectivity index (χ3v) is 5.00. The van der Waals surface area contributed by atoms with Gasteiger partial charge in [-0.05, 0) is 53.1 Å². The van der Waals surface area contributed by atoms with E-state index in [4.69, 9.17) is 17.3 Å². The van der Waals surface area contributed by atoms with Gasteiger partial charge in [-0.3, -0.25) is 4.79 Å². The van der Waals surface area contributed by atoms with E-state index >= 15 is 0 Å². The molecule has 1 aromatic carbocycles. The number of nitrogens with two attached hydrogens (primary N) is 1. The van der Waals surface area contributed by atoms with Gasteiger partial charge in [0, 0.05) is 28.3 Å². The highest BCUT2D eigenvalue weighted by molar-refractivity contribution is 14.1. The average Bonchev–Trinajstić information content (AvgIpc) is 2.35. The fourth-order valence-corrected chi connectivity index (χ4v) is 2.68. The molecule has 1 aromatic rings. The number of rotatable bonds is 1. The highest BCUT2D eigenvalue weighted by Crippen LogP contribution is 2.22. The summed E-state index contributed by atoms with van der Waals surface area (Å²) in [5, 5.41) is 0.628. The zero-order chi connectivity index (χ0) is 13.3. The first-order chi connectivity index (χ1) is 8.49. The summed E-state index contributed by atoms with van der Waals surface area (Å²) in [6, 6.07) is 5.64. The van der Waals surface area contributed by atoms with Crippen LogP contribution >= 0.6 is 46.6 Å². The number of hydrogen-bond acceptors (Lipinski definition) is 2. The Kier molecular flexibility index (Phi) is 6.36. The van der Waals surface area contributed by atoms with Gasteiger partial charge in [0.25, 0.3) is 5.91 Å². The summed E-state index contributed by atoms with van der Waals surface area (Å²) < 4.78 is 0.958. The molecular weight excluding hydrogens is 398 g/mol. The number of halogens is 3. The van der Waals surface area contributed by atoms with Crippen molar-refractivity contribution in [1.29, 1.82) is 0 Å².